The topological polar surface area (TPSA) is 21.3 Å². The van der Waals surface area contributed by atoms with Gasteiger partial charge in [0.05, 0.1) is 0 Å². The van der Waals surface area contributed by atoms with Crippen molar-refractivity contribution >= 4 is 12.4 Å². The summed E-state index contributed by atoms with van der Waals surface area (Å²) in [5.74, 6) is -0.159. The Morgan fingerprint density at radius 2 is 2.00 bits per heavy atom. The van der Waals surface area contributed by atoms with Crippen molar-refractivity contribution in [2.75, 3.05) is 6.54 Å². The van der Waals surface area contributed by atoms with Gasteiger partial charge in [0.15, 0.2) is 0 Å². The molecular weight excluding hydrogens is 243 g/mol. The Bertz CT molecular complexity index is 352. The Hall–Kier alpha value is -0.940. The van der Waals surface area contributed by atoms with Crippen LogP contribution in [-0.2, 0) is 0 Å². The summed E-state index contributed by atoms with van der Waals surface area (Å²) in [5, 5.41) is 3.12. The molecule has 0 spiro atoms. The van der Waals surface area contributed by atoms with Gasteiger partial charge in [0.1, 0.15) is 5.75 Å². The molecule has 1 N–H and O–H groups in total. The highest BCUT2D eigenvalue weighted by Crippen LogP contribution is 2.28. The first-order chi connectivity index (χ1) is 7.04. The normalized spacial score (nSPS) is 19.6. The van der Waals surface area contributed by atoms with E-state index in [1.165, 1.54) is 12.1 Å². The van der Waals surface area contributed by atoms with Gasteiger partial charge in [0, 0.05) is 6.04 Å². The Labute approximate surface area is 97.2 Å². The van der Waals surface area contributed by atoms with E-state index in [9.17, 15) is 13.2 Å². The molecule has 2 rings (SSSR count). The van der Waals surface area contributed by atoms with Gasteiger partial charge in [-0.25, -0.2) is 0 Å². The molecule has 16 heavy (non-hydrogen) atoms. The van der Waals surface area contributed by atoms with E-state index >= 15 is 0 Å². The average molecular weight is 254 g/mol. The van der Waals surface area contributed by atoms with Crippen LogP contribution in [0.1, 0.15) is 18.0 Å². The molecule has 1 fully saturated rings. The predicted octanol–water partition coefficient (Wildman–Crippen LogP) is 3.04. The summed E-state index contributed by atoms with van der Waals surface area (Å²) in [7, 11) is 0. The lowest BCUT2D eigenvalue weighted by Gasteiger charge is -2.28. The molecule has 1 saturated heterocycles. The molecule has 0 saturated carbocycles. The summed E-state index contributed by atoms with van der Waals surface area (Å²) in [4.78, 5) is 0. The van der Waals surface area contributed by atoms with Crippen LogP contribution < -0.4 is 10.1 Å². The van der Waals surface area contributed by atoms with E-state index in [4.69, 9.17) is 0 Å². The molecule has 2 nitrogen and oxygen atoms in total. The third-order valence-corrected chi connectivity index (χ3v) is 2.32. The fourth-order valence-electron chi connectivity index (χ4n) is 1.50. The van der Waals surface area contributed by atoms with Gasteiger partial charge in [0.25, 0.3) is 0 Å². The molecular formula is C10H11ClF3NO. The third kappa shape index (κ3) is 3.28. The second kappa shape index (κ2) is 4.93. The lowest BCUT2D eigenvalue weighted by atomic mass is 9.98. The van der Waals surface area contributed by atoms with Gasteiger partial charge in [-0.1, -0.05) is 12.1 Å². The lowest BCUT2D eigenvalue weighted by Crippen LogP contribution is -2.34. The van der Waals surface area contributed by atoms with Crippen LogP contribution in [0.15, 0.2) is 24.3 Å². The molecule has 0 unspecified atom stereocenters. The van der Waals surface area contributed by atoms with Crippen LogP contribution in [0.4, 0.5) is 13.2 Å². The Morgan fingerprint density at radius 1 is 1.31 bits per heavy atom. The molecule has 1 atom stereocenters. The number of hydrogen-bond acceptors (Lipinski definition) is 2. The van der Waals surface area contributed by atoms with E-state index < -0.39 is 6.36 Å². The van der Waals surface area contributed by atoms with Gasteiger partial charge in [-0.05, 0) is 30.7 Å². The second-order valence-electron chi connectivity index (χ2n) is 3.42. The minimum absolute atomic E-state index is 0. The Balaban J connectivity index is 0.00000128. The first-order valence-electron chi connectivity index (χ1n) is 4.64. The van der Waals surface area contributed by atoms with E-state index in [2.05, 4.69) is 10.1 Å². The maximum atomic E-state index is 11.9. The van der Waals surface area contributed by atoms with E-state index in [-0.39, 0.29) is 24.2 Å². The molecule has 0 radical (unpaired) electrons. The van der Waals surface area contributed by atoms with Crippen molar-refractivity contribution in [2.24, 2.45) is 0 Å². The zero-order valence-electron chi connectivity index (χ0n) is 8.25. The second-order valence-corrected chi connectivity index (χ2v) is 3.42. The Kier molecular flexibility index (Phi) is 4.04. The van der Waals surface area contributed by atoms with Crippen molar-refractivity contribution in [3.05, 3.63) is 29.8 Å². The molecule has 1 heterocycles. The summed E-state index contributed by atoms with van der Waals surface area (Å²) in [6.45, 7) is 0.912. The third-order valence-electron chi connectivity index (χ3n) is 2.32. The van der Waals surface area contributed by atoms with Crippen molar-refractivity contribution < 1.29 is 17.9 Å². The van der Waals surface area contributed by atoms with Crippen LogP contribution in [0.2, 0.25) is 0 Å². The SMILES string of the molecule is Cl.FC(F)(F)Oc1cccc([C@H]2CCN2)c1. The smallest absolute Gasteiger partial charge is 0.406 e. The van der Waals surface area contributed by atoms with Crippen LogP contribution in [0.5, 0.6) is 5.75 Å². The van der Waals surface area contributed by atoms with Gasteiger partial charge >= 0.3 is 6.36 Å². The van der Waals surface area contributed by atoms with Crippen LogP contribution >= 0.6 is 12.4 Å². The van der Waals surface area contributed by atoms with Crippen molar-refractivity contribution in [2.45, 2.75) is 18.8 Å². The maximum Gasteiger partial charge on any atom is 0.573 e. The molecule has 90 valence electrons. The van der Waals surface area contributed by atoms with Gasteiger partial charge in [-0.15, -0.1) is 25.6 Å². The number of hydrogen-bond donors (Lipinski definition) is 1. The molecule has 1 aliphatic rings. The van der Waals surface area contributed by atoms with Crippen LogP contribution in [0, 0.1) is 0 Å². The molecule has 1 aromatic rings. The van der Waals surface area contributed by atoms with Gasteiger partial charge < -0.3 is 10.1 Å². The highest BCUT2D eigenvalue weighted by Gasteiger charge is 2.31. The molecule has 6 heteroatoms. The molecule has 0 amide bonds. The van der Waals surface area contributed by atoms with E-state index in [0.717, 1.165) is 18.5 Å². The monoisotopic (exact) mass is 253 g/mol. The number of alkyl halides is 3. The first-order valence-corrected chi connectivity index (χ1v) is 4.64. The van der Waals surface area contributed by atoms with Gasteiger partial charge in [-0.3, -0.25) is 0 Å². The fraction of sp³-hybridized carbons (Fsp3) is 0.400. The predicted molar refractivity (Wildman–Crippen MR) is 55.7 cm³/mol. The molecule has 0 aliphatic carbocycles. The van der Waals surface area contributed by atoms with Crippen LogP contribution in [0.3, 0.4) is 0 Å². The zero-order chi connectivity index (χ0) is 10.9. The number of nitrogens with one attached hydrogen (secondary N) is 1. The van der Waals surface area contributed by atoms with E-state index in [0.29, 0.717) is 0 Å². The zero-order valence-corrected chi connectivity index (χ0v) is 9.07. The average Bonchev–Trinajstić information content (AvgIpc) is 1.97. The first kappa shape index (κ1) is 13.1. The number of ether oxygens (including phenoxy) is 1. The molecule has 0 bridgehead atoms. The number of rotatable bonds is 2. The quantitative estimate of drug-likeness (QED) is 0.875. The van der Waals surface area contributed by atoms with Crippen molar-refractivity contribution in [1.82, 2.24) is 5.32 Å². The van der Waals surface area contributed by atoms with Crippen molar-refractivity contribution in [3.63, 3.8) is 0 Å². The van der Waals surface area contributed by atoms with Crippen molar-refractivity contribution in [3.8, 4) is 5.75 Å². The van der Waals surface area contributed by atoms with Crippen molar-refractivity contribution in [1.29, 1.82) is 0 Å². The van der Waals surface area contributed by atoms with Gasteiger partial charge in [0.2, 0.25) is 0 Å². The maximum absolute atomic E-state index is 11.9. The minimum atomic E-state index is -4.62. The summed E-state index contributed by atoms with van der Waals surface area (Å²) < 4.78 is 39.6. The summed E-state index contributed by atoms with van der Waals surface area (Å²) >= 11 is 0. The summed E-state index contributed by atoms with van der Waals surface area (Å²) in [6, 6.07) is 6.25. The highest BCUT2D eigenvalue weighted by atomic mass is 35.5. The summed E-state index contributed by atoms with van der Waals surface area (Å²) in [6.07, 6.45) is -3.67. The van der Waals surface area contributed by atoms with Gasteiger partial charge in [-0.2, -0.15) is 0 Å². The minimum Gasteiger partial charge on any atom is -0.406 e. The molecule has 1 aromatic carbocycles. The molecule has 1 aliphatic heterocycles. The highest BCUT2D eigenvalue weighted by molar-refractivity contribution is 5.85. The fourth-order valence-corrected chi connectivity index (χ4v) is 1.50. The number of benzene rings is 1. The van der Waals surface area contributed by atoms with E-state index in [1.54, 1.807) is 12.1 Å². The summed E-state index contributed by atoms with van der Waals surface area (Å²) in [5.41, 5.74) is 0.836. The molecule has 0 aromatic heterocycles. The Morgan fingerprint density at radius 3 is 2.50 bits per heavy atom. The van der Waals surface area contributed by atoms with Crippen LogP contribution in [0.25, 0.3) is 0 Å². The lowest BCUT2D eigenvalue weighted by molar-refractivity contribution is -0.274. The number of halogens is 4. The van der Waals surface area contributed by atoms with Crippen LogP contribution in [-0.4, -0.2) is 12.9 Å². The standard InChI is InChI=1S/C10H10F3NO.ClH/c11-10(12,13)15-8-3-1-2-7(6-8)9-4-5-14-9;/h1-3,6,9,14H,4-5H2;1H/t9-;/m1./s1. The van der Waals surface area contributed by atoms with E-state index in [1.807, 2.05) is 0 Å². The largest absolute Gasteiger partial charge is 0.573 e.